The number of ether oxygens (including phenoxy) is 1. The van der Waals surface area contributed by atoms with Crippen LogP contribution in [0.1, 0.15) is 11.4 Å². The van der Waals surface area contributed by atoms with Crippen LogP contribution in [0.25, 0.3) is 16.6 Å². The fourth-order valence-corrected chi connectivity index (χ4v) is 3.09. The van der Waals surface area contributed by atoms with Crippen LogP contribution in [0, 0.1) is 0 Å². The Labute approximate surface area is 151 Å². The molecular weight excluding hydrogens is 324 g/mol. The van der Waals surface area contributed by atoms with Crippen molar-refractivity contribution >= 4 is 10.9 Å². The van der Waals surface area contributed by atoms with Gasteiger partial charge in [-0.1, -0.05) is 48.5 Å². The summed E-state index contributed by atoms with van der Waals surface area (Å²) in [6, 6.07) is 25.0. The Morgan fingerprint density at radius 1 is 0.923 bits per heavy atom. The van der Waals surface area contributed by atoms with Gasteiger partial charge in [-0.05, 0) is 29.8 Å². The molecule has 26 heavy (non-hydrogen) atoms. The number of methoxy groups -OCH3 is 1. The van der Waals surface area contributed by atoms with Gasteiger partial charge in [-0.2, -0.15) is 0 Å². The van der Waals surface area contributed by atoms with Gasteiger partial charge in [0, 0.05) is 12.5 Å². The highest BCUT2D eigenvalue weighted by Gasteiger charge is 2.13. The number of hydrogen-bond donors (Lipinski definition) is 0. The van der Waals surface area contributed by atoms with Crippen molar-refractivity contribution in [2.24, 2.45) is 0 Å². The van der Waals surface area contributed by atoms with Gasteiger partial charge in [0.2, 0.25) is 0 Å². The van der Waals surface area contributed by atoms with Gasteiger partial charge in [0.05, 0.1) is 23.7 Å². The Morgan fingerprint density at radius 2 is 1.69 bits per heavy atom. The summed E-state index contributed by atoms with van der Waals surface area (Å²) in [5.41, 5.74) is 2.49. The number of benzene rings is 3. The van der Waals surface area contributed by atoms with Crippen LogP contribution in [0.2, 0.25) is 0 Å². The number of fused-ring (bicyclic) bond motifs is 1. The van der Waals surface area contributed by atoms with E-state index in [0.29, 0.717) is 28.9 Å². The second-order valence-electron chi connectivity index (χ2n) is 6.05. The van der Waals surface area contributed by atoms with Gasteiger partial charge < -0.3 is 4.74 Å². The van der Waals surface area contributed by atoms with E-state index in [1.807, 2.05) is 78.9 Å². The molecule has 0 fully saturated rings. The SMILES string of the molecule is COc1cccc(-n2c(Cc3ccccc3)nc3ccccc3c2=O)c1. The van der Waals surface area contributed by atoms with Gasteiger partial charge in [-0.25, -0.2) is 4.98 Å². The molecule has 0 bridgehead atoms. The largest absolute Gasteiger partial charge is 0.497 e. The average Bonchev–Trinajstić information content (AvgIpc) is 2.69. The summed E-state index contributed by atoms with van der Waals surface area (Å²) in [7, 11) is 1.62. The molecule has 0 atom stereocenters. The molecule has 0 N–H and O–H groups in total. The number of aromatic nitrogens is 2. The van der Waals surface area contributed by atoms with Gasteiger partial charge in [0.25, 0.3) is 5.56 Å². The highest BCUT2D eigenvalue weighted by Crippen LogP contribution is 2.19. The Bertz CT molecular complexity index is 1120. The van der Waals surface area contributed by atoms with Crippen LogP contribution in [0.5, 0.6) is 5.75 Å². The van der Waals surface area contributed by atoms with Crippen LogP contribution in [-0.2, 0) is 6.42 Å². The van der Waals surface area contributed by atoms with Crippen molar-refractivity contribution in [3.8, 4) is 11.4 Å². The van der Waals surface area contributed by atoms with Crippen molar-refractivity contribution in [1.29, 1.82) is 0 Å². The Morgan fingerprint density at radius 3 is 2.50 bits per heavy atom. The Balaban J connectivity index is 1.97. The quantitative estimate of drug-likeness (QED) is 0.563. The summed E-state index contributed by atoms with van der Waals surface area (Å²) < 4.78 is 7.00. The lowest BCUT2D eigenvalue weighted by atomic mass is 10.1. The van der Waals surface area contributed by atoms with E-state index in [4.69, 9.17) is 9.72 Å². The predicted molar refractivity (Wildman–Crippen MR) is 103 cm³/mol. The van der Waals surface area contributed by atoms with E-state index in [1.165, 1.54) is 0 Å². The van der Waals surface area contributed by atoms with Gasteiger partial charge in [0.15, 0.2) is 0 Å². The van der Waals surface area contributed by atoms with Crippen LogP contribution < -0.4 is 10.3 Å². The minimum Gasteiger partial charge on any atom is -0.497 e. The van der Waals surface area contributed by atoms with E-state index < -0.39 is 0 Å². The molecule has 4 heteroatoms. The first-order chi connectivity index (χ1) is 12.8. The lowest BCUT2D eigenvalue weighted by Gasteiger charge is -2.14. The van der Waals surface area contributed by atoms with Crippen molar-refractivity contribution < 1.29 is 4.74 Å². The molecule has 4 rings (SSSR count). The molecule has 0 saturated heterocycles. The van der Waals surface area contributed by atoms with Gasteiger partial charge >= 0.3 is 0 Å². The molecule has 0 saturated carbocycles. The van der Waals surface area contributed by atoms with Crippen LogP contribution in [0.15, 0.2) is 83.7 Å². The molecule has 0 aliphatic rings. The van der Waals surface area contributed by atoms with E-state index in [1.54, 1.807) is 11.7 Å². The zero-order valence-electron chi connectivity index (χ0n) is 14.4. The van der Waals surface area contributed by atoms with Crippen LogP contribution in [0.3, 0.4) is 0 Å². The molecule has 0 aliphatic heterocycles. The lowest BCUT2D eigenvalue weighted by molar-refractivity contribution is 0.414. The number of hydrogen-bond acceptors (Lipinski definition) is 3. The lowest BCUT2D eigenvalue weighted by Crippen LogP contribution is -2.24. The third-order valence-electron chi connectivity index (χ3n) is 4.36. The molecule has 1 heterocycles. The number of para-hydroxylation sites is 1. The first-order valence-electron chi connectivity index (χ1n) is 8.45. The third kappa shape index (κ3) is 2.97. The number of rotatable bonds is 4. The van der Waals surface area contributed by atoms with Crippen LogP contribution >= 0.6 is 0 Å². The van der Waals surface area contributed by atoms with Gasteiger partial charge in [-0.3, -0.25) is 9.36 Å². The van der Waals surface area contributed by atoms with Gasteiger partial charge in [0.1, 0.15) is 11.6 Å². The zero-order valence-corrected chi connectivity index (χ0v) is 14.4. The van der Waals surface area contributed by atoms with Crippen molar-refractivity contribution in [2.75, 3.05) is 7.11 Å². The second-order valence-corrected chi connectivity index (χ2v) is 6.05. The molecule has 0 unspecified atom stereocenters. The molecule has 0 aliphatic carbocycles. The van der Waals surface area contributed by atoms with E-state index >= 15 is 0 Å². The van der Waals surface area contributed by atoms with E-state index in [2.05, 4.69) is 0 Å². The van der Waals surface area contributed by atoms with Crippen molar-refractivity contribution in [2.45, 2.75) is 6.42 Å². The minimum absolute atomic E-state index is 0.0743. The monoisotopic (exact) mass is 342 g/mol. The van der Waals surface area contributed by atoms with Crippen LogP contribution in [0.4, 0.5) is 0 Å². The third-order valence-corrected chi connectivity index (χ3v) is 4.36. The fraction of sp³-hybridized carbons (Fsp3) is 0.0909. The van der Waals surface area contributed by atoms with E-state index in [-0.39, 0.29) is 5.56 Å². The Kier molecular flexibility index (Phi) is 4.23. The molecule has 4 aromatic rings. The topological polar surface area (TPSA) is 44.1 Å². The molecule has 3 aromatic carbocycles. The predicted octanol–water partition coefficient (Wildman–Crippen LogP) is 3.99. The van der Waals surface area contributed by atoms with E-state index in [9.17, 15) is 4.79 Å². The molecule has 0 amide bonds. The highest BCUT2D eigenvalue weighted by molar-refractivity contribution is 5.77. The first kappa shape index (κ1) is 16.1. The summed E-state index contributed by atoms with van der Waals surface area (Å²) in [4.78, 5) is 18.0. The standard InChI is InChI=1S/C22H18N2O2/c1-26-18-11-7-10-17(15-18)24-21(14-16-8-3-2-4-9-16)23-20-13-6-5-12-19(20)22(24)25/h2-13,15H,14H2,1H3. The maximum Gasteiger partial charge on any atom is 0.265 e. The normalized spacial score (nSPS) is 10.8. The Hall–Kier alpha value is -3.40. The molecule has 128 valence electrons. The summed E-state index contributed by atoms with van der Waals surface area (Å²) in [6.07, 6.45) is 0.568. The molecule has 4 nitrogen and oxygen atoms in total. The minimum atomic E-state index is -0.0743. The summed E-state index contributed by atoms with van der Waals surface area (Å²) in [5.74, 6) is 1.40. The highest BCUT2D eigenvalue weighted by atomic mass is 16.5. The molecule has 0 spiro atoms. The second kappa shape index (κ2) is 6.84. The summed E-state index contributed by atoms with van der Waals surface area (Å²) >= 11 is 0. The maximum absolute atomic E-state index is 13.2. The zero-order chi connectivity index (χ0) is 17.9. The maximum atomic E-state index is 13.2. The first-order valence-corrected chi connectivity index (χ1v) is 8.45. The summed E-state index contributed by atoms with van der Waals surface area (Å²) in [5, 5.41) is 0.604. The van der Waals surface area contributed by atoms with E-state index in [0.717, 1.165) is 11.3 Å². The fourth-order valence-electron chi connectivity index (χ4n) is 3.09. The van der Waals surface area contributed by atoms with Crippen molar-refractivity contribution in [3.05, 3.63) is 101 Å². The number of nitrogens with zero attached hydrogens (tertiary/aromatic N) is 2. The van der Waals surface area contributed by atoms with Crippen molar-refractivity contribution in [1.82, 2.24) is 9.55 Å². The van der Waals surface area contributed by atoms with Gasteiger partial charge in [-0.15, -0.1) is 0 Å². The smallest absolute Gasteiger partial charge is 0.265 e. The van der Waals surface area contributed by atoms with Crippen LogP contribution in [-0.4, -0.2) is 16.7 Å². The molecule has 0 radical (unpaired) electrons. The van der Waals surface area contributed by atoms with Crippen molar-refractivity contribution in [3.63, 3.8) is 0 Å². The molecular formula is C22H18N2O2. The molecule has 1 aromatic heterocycles. The summed E-state index contributed by atoms with van der Waals surface area (Å²) in [6.45, 7) is 0. The average molecular weight is 342 g/mol.